The molecule has 0 radical (unpaired) electrons. The first-order chi connectivity index (χ1) is 22.4. The van der Waals surface area contributed by atoms with E-state index in [0.717, 1.165) is 16.3 Å². The summed E-state index contributed by atoms with van der Waals surface area (Å²) in [7, 11) is 1.29. The Morgan fingerprint density at radius 2 is 1.74 bits per heavy atom. The molecule has 1 aliphatic heterocycles. The van der Waals surface area contributed by atoms with Crippen molar-refractivity contribution in [2.24, 2.45) is 0 Å². The summed E-state index contributed by atoms with van der Waals surface area (Å²) in [4.78, 5) is 45.4. The first-order valence-electron chi connectivity index (χ1n) is 14.2. The third-order valence-electron chi connectivity index (χ3n) is 7.85. The molecule has 228 valence electrons. The standard InChI is InChI=1S/C34H25N5O5S2/c1-19-27(38-17-6-5-12-25(38)35-19)29(40)26-28(21-13-15-22(16-14-21)32(43)44-2)39(31(42)30(26)41)33-36-37-34(46-33)45-18-23-10-7-9-20-8-3-4-11-24(20)23/h3-17,28,40H,18H2,1-2H3/b29-26+. The fourth-order valence-corrected chi connectivity index (χ4v) is 7.58. The van der Waals surface area contributed by atoms with Gasteiger partial charge in [0, 0.05) is 11.9 Å². The topological polar surface area (TPSA) is 127 Å². The Balaban J connectivity index is 1.30. The van der Waals surface area contributed by atoms with Gasteiger partial charge in [-0.25, -0.2) is 9.78 Å². The smallest absolute Gasteiger partial charge is 0.337 e. The van der Waals surface area contributed by atoms with Gasteiger partial charge in [-0.1, -0.05) is 83.8 Å². The molecule has 12 heteroatoms. The number of aryl methyl sites for hydroxylation is 1. The van der Waals surface area contributed by atoms with E-state index in [-0.39, 0.29) is 16.5 Å². The van der Waals surface area contributed by atoms with Crippen molar-refractivity contribution >= 4 is 68.1 Å². The predicted octanol–water partition coefficient (Wildman–Crippen LogP) is 6.35. The predicted molar refractivity (Wildman–Crippen MR) is 176 cm³/mol. The normalized spacial score (nSPS) is 16.0. The molecule has 10 nitrogen and oxygen atoms in total. The number of methoxy groups -OCH3 is 1. The lowest BCUT2D eigenvalue weighted by Crippen LogP contribution is -2.29. The number of esters is 1. The number of fused-ring (bicyclic) bond motifs is 2. The van der Waals surface area contributed by atoms with Crippen molar-refractivity contribution in [2.75, 3.05) is 12.0 Å². The number of ether oxygens (including phenoxy) is 1. The molecule has 0 spiro atoms. The van der Waals surface area contributed by atoms with Crippen LogP contribution in [-0.2, 0) is 20.1 Å². The van der Waals surface area contributed by atoms with E-state index >= 15 is 0 Å². The summed E-state index contributed by atoms with van der Waals surface area (Å²) >= 11 is 2.67. The molecule has 3 aromatic heterocycles. The monoisotopic (exact) mass is 647 g/mol. The molecule has 1 aliphatic rings. The number of anilines is 1. The van der Waals surface area contributed by atoms with E-state index in [9.17, 15) is 19.5 Å². The Morgan fingerprint density at radius 3 is 2.54 bits per heavy atom. The number of thioether (sulfide) groups is 1. The van der Waals surface area contributed by atoms with Crippen molar-refractivity contribution in [3.05, 3.63) is 125 Å². The highest BCUT2D eigenvalue weighted by molar-refractivity contribution is 8.00. The Morgan fingerprint density at radius 1 is 0.978 bits per heavy atom. The molecule has 0 saturated carbocycles. The van der Waals surface area contributed by atoms with Crippen molar-refractivity contribution in [1.29, 1.82) is 0 Å². The summed E-state index contributed by atoms with van der Waals surface area (Å²) in [5.41, 5.74) is 3.15. The van der Waals surface area contributed by atoms with Crippen molar-refractivity contribution in [3.8, 4) is 0 Å². The number of ketones is 1. The lowest BCUT2D eigenvalue weighted by molar-refractivity contribution is -0.132. The second-order valence-electron chi connectivity index (χ2n) is 10.5. The van der Waals surface area contributed by atoms with Gasteiger partial charge in [0.2, 0.25) is 5.13 Å². The van der Waals surface area contributed by atoms with Gasteiger partial charge in [-0.3, -0.25) is 18.9 Å². The van der Waals surface area contributed by atoms with Crippen molar-refractivity contribution in [2.45, 2.75) is 23.1 Å². The fourth-order valence-electron chi connectivity index (χ4n) is 5.71. The molecular weight excluding hydrogens is 623 g/mol. The lowest BCUT2D eigenvalue weighted by atomic mass is 9.95. The summed E-state index contributed by atoms with van der Waals surface area (Å²) < 4.78 is 7.12. The highest BCUT2D eigenvalue weighted by atomic mass is 32.2. The van der Waals surface area contributed by atoms with Gasteiger partial charge in [-0.2, -0.15) is 0 Å². The number of hydrogen-bond donors (Lipinski definition) is 1. The van der Waals surface area contributed by atoms with Gasteiger partial charge in [-0.05, 0) is 53.1 Å². The summed E-state index contributed by atoms with van der Waals surface area (Å²) in [5, 5.41) is 22.9. The number of carbonyl (C=O) groups excluding carboxylic acids is 3. The Bertz CT molecular complexity index is 2200. The molecule has 6 aromatic rings. The van der Waals surface area contributed by atoms with Crippen LogP contribution in [-0.4, -0.2) is 49.5 Å². The van der Waals surface area contributed by atoms with Crippen LogP contribution in [0.2, 0.25) is 0 Å². The summed E-state index contributed by atoms with van der Waals surface area (Å²) in [6, 6.07) is 25.0. The van der Waals surface area contributed by atoms with E-state index in [2.05, 4.69) is 39.4 Å². The van der Waals surface area contributed by atoms with Crippen molar-refractivity contribution in [3.63, 3.8) is 0 Å². The van der Waals surface area contributed by atoms with E-state index in [1.54, 1.807) is 53.9 Å². The minimum absolute atomic E-state index is 0.121. The van der Waals surface area contributed by atoms with E-state index in [4.69, 9.17) is 4.74 Å². The number of pyridine rings is 1. The van der Waals surface area contributed by atoms with Gasteiger partial charge in [0.05, 0.1) is 30.0 Å². The maximum Gasteiger partial charge on any atom is 0.337 e. The highest BCUT2D eigenvalue weighted by Crippen LogP contribution is 2.44. The summed E-state index contributed by atoms with van der Waals surface area (Å²) in [5.74, 6) is -1.99. The number of benzene rings is 3. The number of carbonyl (C=O) groups is 3. The highest BCUT2D eigenvalue weighted by Gasteiger charge is 2.49. The van der Waals surface area contributed by atoms with E-state index < -0.39 is 23.7 Å². The number of imidazole rings is 1. The zero-order valence-corrected chi connectivity index (χ0v) is 26.2. The molecule has 4 heterocycles. The van der Waals surface area contributed by atoms with Crippen LogP contribution in [0.3, 0.4) is 0 Å². The second-order valence-corrected chi connectivity index (χ2v) is 12.7. The molecule has 1 saturated heterocycles. The molecule has 0 aliphatic carbocycles. The van der Waals surface area contributed by atoms with E-state index in [1.165, 1.54) is 35.1 Å². The lowest BCUT2D eigenvalue weighted by Gasteiger charge is -2.22. The number of aliphatic hydroxyl groups is 1. The van der Waals surface area contributed by atoms with Gasteiger partial charge in [-0.15, -0.1) is 10.2 Å². The first-order valence-corrected chi connectivity index (χ1v) is 16.0. The Labute approximate surface area is 271 Å². The molecule has 0 bridgehead atoms. The molecule has 1 fully saturated rings. The summed E-state index contributed by atoms with van der Waals surface area (Å²) in [6.07, 6.45) is 1.73. The third-order valence-corrected chi connectivity index (χ3v) is 9.96. The van der Waals surface area contributed by atoms with Crippen LogP contribution in [0, 0.1) is 6.92 Å². The van der Waals surface area contributed by atoms with Gasteiger partial charge >= 0.3 is 11.9 Å². The SMILES string of the molecule is COC(=O)c1ccc(C2/C(=C(\O)c3c(C)nc4ccccn34)C(=O)C(=O)N2c2nnc(SCc3cccc4ccccc34)s2)cc1. The molecule has 7 rings (SSSR count). The fraction of sp³-hybridized carbons (Fsp3) is 0.118. The van der Waals surface area contributed by atoms with Crippen LogP contribution < -0.4 is 4.90 Å². The minimum Gasteiger partial charge on any atom is -0.505 e. The van der Waals surface area contributed by atoms with Crippen LogP contribution in [0.1, 0.15) is 38.9 Å². The molecule has 1 amide bonds. The number of nitrogens with zero attached hydrogens (tertiary/aromatic N) is 5. The number of rotatable bonds is 7. The molecule has 3 aromatic carbocycles. The van der Waals surface area contributed by atoms with Gasteiger partial charge < -0.3 is 9.84 Å². The average Bonchev–Trinajstić information content (AvgIpc) is 3.76. The van der Waals surface area contributed by atoms with Crippen LogP contribution in [0.5, 0.6) is 0 Å². The van der Waals surface area contributed by atoms with Crippen LogP contribution in [0.25, 0.3) is 22.2 Å². The maximum absolute atomic E-state index is 13.8. The second kappa shape index (κ2) is 11.9. The number of aromatic nitrogens is 4. The van der Waals surface area contributed by atoms with Gasteiger partial charge in [0.25, 0.3) is 5.78 Å². The first kappa shape index (κ1) is 29.4. The number of hydrogen-bond acceptors (Lipinski definition) is 10. The number of aliphatic hydroxyl groups excluding tert-OH is 1. The Hall–Kier alpha value is -5.33. The zero-order valence-electron chi connectivity index (χ0n) is 24.6. The molecular formula is C34H25N5O5S2. The Kier molecular flexibility index (Phi) is 7.59. The maximum atomic E-state index is 13.8. The minimum atomic E-state index is -1.05. The largest absolute Gasteiger partial charge is 0.505 e. The molecule has 1 atom stereocenters. The third kappa shape index (κ3) is 5.01. The molecule has 1 N–H and O–H groups in total. The van der Waals surface area contributed by atoms with Gasteiger partial charge in [0.15, 0.2) is 10.1 Å². The van der Waals surface area contributed by atoms with Crippen LogP contribution >= 0.6 is 23.1 Å². The number of Topliss-reactive ketones (excluding diaryl/α,β-unsaturated/α-hetero) is 1. The van der Waals surface area contributed by atoms with Gasteiger partial charge in [0.1, 0.15) is 11.3 Å². The van der Waals surface area contributed by atoms with Crippen LogP contribution in [0.4, 0.5) is 5.13 Å². The number of amides is 1. The zero-order chi connectivity index (χ0) is 31.9. The van der Waals surface area contributed by atoms with Crippen molar-refractivity contribution < 1.29 is 24.2 Å². The average molecular weight is 648 g/mol. The van der Waals surface area contributed by atoms with Crippen molar-refractivity contribution in [1.82, 2.24) is 19.6 Å². The summed E-state index contributed by atoms with van der Waals surface area (Å²) in [6.45, 7) is 1.72. The quantitative estimate of drug-likeness (QED) is 0.0526. The van der Waals surface area contributed by atoms with Crippen LogP contribution in [0.15, 0.2) is 101 Å². The van der Waals surface area contributed by atoms with E-state index in [0.29, 0.717) is 38.3 Å². The van der Waals surface area contributed by atoms with E-state index in [1.807, 2.05) is 24.3 Å². The molecule has 1 unspecified atom stereocenters. The molecule has 46 heavy (non-hydrogen) atoms.